The van der Waals surface area contributed by atoms with Crippen LogP contribution in [0.5, 0.6) is 0 Å². The van der Waals surface area contributed by atoms with Crippen molar-refractivity contribution in [3.8, 4) is 0 Å². The molecule has 13 nitrogen and oxygen atoms in total. The number of nitrogens with one attached hydrogen (secondary N) is 4. The minimum absolute atomic E-state index is 0.0792. The van der Waals surface area contributed by atoms with E-state index in [2.05, 4.69) is 21.3 Å². The summed E-state index contributed by atoms with van der Waals surface area (Å²) in [5, 5.41) is 20.6. The highest BCUT2D eigenvalue weighted by atomic mass is 33.1. The number of carbonyl (C=O) groups excluding carboxylic acids is 5. The van der Waals surface area contributed by atoms with Crippen molar-refractivity contribution >= 4 is 57.1 Å². The molecule has 1 saturated heterocycles. The van der Waals surface area contributed by atoms with E-state index in [-0.39, 0.29) is 12.8 Å². The van der Waals surface area contributed by atoms with E-state index in [9.17, 15) is 33.9 Å². The maximum Gasteiger partial charge on any atom is 0.327 e. The quantitative estimate of drug-likeness (QED) is 0.192. The summed E-state index contributed by atoms with van der Waals surface area (Å²) in [4.78, 5) is 76.9. The maximum absolute atomic E-state index is 13.5. The minimum Gasteiger partial charge on any atom is -0.480 e. The van der Waals surface area contributed by atoms with Crippen LogP contribution in [-0.2, 0) is 36.8 Å². The topological polar surface area (TPSA) is 223 Å². The van der Waals surface area contributed by atoms with Gasteiger partial charge in [-0.05, 0) is 57.4 Å². The summed E-state index contributed by atoms with van der Waals surface area (Å²) in [7, 11) is 2.29. The van der Waals surface area contributed by atoms with Crippen LogP contribution in [0.15, 0.2) is 54.6 Å². The molecule has 0 saturated carbocycles. The molecule has 2 aromatic rings. The number of rotatable bonds is 8. The highest BCUT2D eigenvalue weighted by Gasteiger charge is 2.44. The van der Waals surface area contributed by atoms with Crippen LogP contribution in [0, 0.1) is 0 Å². The van der Waals surface area contributed by atoms with Crippen molar-refractivity contribution in [1.82, 2.24) is 21.3 Å². The number of benzene rings is 2. The lowest BCUT2D eigenvalue weighted by Gasteiger charge is -2.38. The Bertz CT molecular complexity index is 1450. The summed E-state index contributed by atoms with van der Waals surface area (Å²) in [5.41, 5.74) is 13.2. The smallest absolute Gasteiger partial charge is 0.327 e. The molecule has 0 bridgehead atoms. The molecular formula is C31H40N6O7S2. The highest BCUT2D eigenvalue weighted by Crippen LogP contribution is 2.46. The molecule has 15 heteroatoms. The second-order valence-corrected chi connectivity index (χ2v) is 15.4. The normalized spacial score (nSPS) is 22.6. The number of carbonyl (C=O) groups is 6. The van der Waals surface area contributed by atoms with Gasteiger partial charge in [0.15, 0.2) is 0 Å². The van der Waals surface area contributed by atoms with E-state index in [4.69, 9.17) is 11.5 Å². The van der Waals surface area contributed by atoms with Gasteiger partial charge in [0, 0.05) is 16.7 Å². The van der Waals surface area contributed by atoms with E-state index < -0.39 is 75.7 Å². The Morgan fingerprint density at radius 1 is 0.913 bits per heavy atom. The molecule has 1 fully saturated rings. The van der Waals surface area contributed by atoms with Crippen molar-refractivity contribution in [2.24, 2.45) is 11.5 Å². The van der Waals surface area contributed by atoms with Gasteiger partial charge >= 0.3 is 5.97 Å². The Balaban J connectivity index is 1.87. The zero-order valence-corrected chi connectivity index (χ0v) is 27.6. The van der Waals surface area contributed by atoms with E-state index in [1.165, 1.54) is 12.1 Å². The maximum atomic E-state index is 13.5. The molecule has 3 rings (SSSR count). The van der Waals surface area contributed by atoms with Gasteiger partial charge in [-0.2, -0.15) is 0 Å². The summed E-state index contributed by atoms with van der Waals surface area (Å²) in [5.74, 6) is -4.55. The molecular weight excluding hydrogens is 633 g/mol. The van der Waals surface area contributed by atoms with Gasteiger partial charge in [0.2, 0.25) is 29.5 Å². The fourth-order valence-corrected chi connectivity index (χ4v) is 7.43. The molecule has 1 heterocycles. The average molecular weight is 673 g/mol. The Hall–Kier alpha value is -4.08. The molecule has 9 N–H and O–H groups in total. The van der Waals surface area contributed by atoms with E-state index in [0.717, 1.165) is 27.2 Å². The number of hydrogen-bond donors (Lipinski definition) is 7. The van der Waals surface area contributed by atoms with E-state index in [1.54, 1.807) is 70.2 Å². The zero-order chi connectivity index (χ0) is 34.2. The number of aliphatic carboxylic acids is 1. The van der Waals surface area contributed by atoms with Gasteiger partial charge in [0.25, 0.3) is 0 Å². The van der Waals surface area contributed by atoms with Crippen molar-refractivity contribution in [2.45, 2.75) is 74.2 Å². The number of carboxylic acids is 1. The van der Waals surface area contributed by atoms with E-state index in [1.807, 2.05) is 0 Å². The van der Waals surface area contributed by atoms with Crippen LogP contribution in [0.3, 0.4) is 0 Å². The molecule has 5 amide bonds. The number of nitrogens with two attached hydrogens (primary N) is 2. The molecule has 4 atom stereocenters. The first-order valence-corrected chi connectivity index (χ1v) is 16.6. The Morgan fingerprint density at radius 3 is 2.11 bits per heavy atom. The summed E-state index contributed by atoms with van der Waals surface area (Å²) < 4.78 is -2.18. The van der Waals surface area contributed by atoms with Crippen molar-refractivity contribution in [2.75, 3.05) is 6.54 Å². The molecule has 2 aromatic carbocycles. The lowest BCUT2D eigenvalue weighted by atomic mass is 10.00. The monoisotopic (exact) mass is 672 g/mol. The minimum atomic E-state index is -1.37. The second kappa shape index (κ2) is 15.5. The standard InChI is InChI=1S/C31H40N6O7S2/c1-30(2)23(36-26(40)20(32)14-18-10-12-19(13-11-18)25(33)39)28(42)34-16-22(38)35-21(15-17-8-6-5-7-9-17)27(41)37-24(29(43)44)31(3,4)46-45-30/h5-13,20-21,23-24H,14-16,32H2,1-4H3,(H2,33,39)(H,34,42)(H,35,38)(H,36,40)(H,37,41)(H,43,44)/t20?,21?,23?,24-/m0/s1. The van der Waals surface area contributed by atoms with Gasteiger partial charge in [-0.15, -0.1) is 0 Å². The molecule has 248 valence electrons. The van der Waals surface area contributed by atoms with Gasteiger partial charge in [0.1, 0.15) is 18.1 Å². The molecule has 1 aliphatic rings. The number of primary amides is 1. The van der Waals surface area contributed by atoms with E-state index >= 15 is 0 Å². The molecule has 1 aliphatic heterocycles. The van der Waals surface area contributed by atoms with Crippen LogP contribution in [-0.4, -0.2) is 80.8 Å². The van der Waals surface area contributed by atoms with Gasteiger partial charge in [-0.1, -0.05) is 64.1 Å². The zero-order valence-electron chi connectivity index (χ0n) is 26.0. The van der Waals surface area contributed by atoms with Gasteiger partial charge in [0.05, 0.1) is 17.3 Å². The first kappa shape index (κ1) is 36.4. The summed E-state index contributed by atoms with van der Waals surface area (Å²) in [6.45, 7) is 6.15. The molecule has 0 aromatic heterocycles. The second-order valence-electron chi connectivity index (χ2n) is 12.0. The molecule has 0 radical (unpaired) electrons. The molecule has 0 aliphatic carbocycles. The van der Waals surface area contributed by atoms with Crippen molar-refractivity contribution in [3.05, 3.63) is 71.3 Å². The molecule has 3 unspecified atom stereocenters. The first-order valence-electron chi connectivity index (χ1n) is 14.5. The van der Waals surface area contributed by atoms with Gasteiger partial charge in [-0.3, -0.25) is 24.0 Å². The number of hydrogen-bond acceptors (Lipinski definition) is 9. The van der Waals surface area contributed by atoms with Crippen LogP contribution in [0.25, 0.3) is 0 Å². The van der Waals surface area contributed by atoms with Gasteiger partial charge < -0.3 is 37.8 Å². The van der Waals surface area contributed by atoms with Gasteiger partial charge in [-0.25, -0.2) is 4.79 Å². The van der Waals surface area contributed by atoms with Crippen molar-refractivity contribution in [3.63, 3.8) is 0 Å². The first-order chi connectivity index (χ1) is 21.5. The Labute approximate surface area is 275 Å². The number of amides is 5. The average Bonchev–Trinajstić information content (AvgIpc) is 2.99. The van der Waals surface area contributed by atoms with Crippen molar-refractivity contribution < 1.29 is 33.9 Å². The molecule has 46 heavy (non-hydrogen) atoms. The molecule has 0 spiro atoms. The SMILES string of the molecule is CC1(C)SSC(C)(C)[C@H](C(=O)O)NC(=O)C(Cc2ccccc2)NC(=O)CNC(=O)C1NC(=O)C(N)Cc1ccc(C(N)=O)cc1. The third-order valence-electron chi connectivity index (χ3n) is 7.33. The summed E-state index contributed by atoms with van der Waals surface area (Å²) in [6.07, 6.45) is 0.176. The van der Waals surface area contributed by atoms with Crippen LogP contribution in [0.2, 0.25) is 0 Å². The predicted molar refractivity (Wildman–Crippen MR) is 177 cm³/mol. The lowest BCUT2D eigenvalue weighted by Crippen LogP contribution is -2.61. The fraction of sp³-hybridized carbons (Fsp3) is 0.419. The largest absolute Gasteiger partial charge is 0.480 e. The third-order valence-corrected chi connectivity index (χ3v) is 11.6. The predicted octanol–water partition coefficient (Wildman–Crippen LogP) is 0.505. The van der Waals surface area contributed by atoms with Crippen LogP contribution < -0.4 is 32.7 Å². The summed E-state index contributed by atoms with van der Waals surface area (Å²) >= 11 is 0. The third kappa shape index (κ3) is 9.96. The number of carboxylic acid groups (broad SMARTS) is 1. The summed E-state index contributed by atoms with van der Waals surface area (Å²) in [6, 6.07) is 10.4. The van der Waals surface area contributed by atoms with Crippen LogP contribution in [0.4, 0.5) is 0 Å². The highest BCUT2D eigenvalue weighted by molar-refractivity contribution is 8.77. The van der Waals surface area contributed by atoms with Crippen molar-refractivity contribution in [1.29, 1.82) is 0 Å². The lowest BCUT2D eigenvalue weighted by molar-refractivity contribution is -0.143. The Morgan fingerprint density at radius 2 is 1.52 bits per heavy atom. The fourth-order valence-electron chi connectivity index (χ4n) is 4.62. The Kier molecular flexibility index (Phi) is 12.2. The van der Waals surface area contributed by atoms with Crippen LogP contribution >= 0.6 is 21.6 Å². The van der Waals surface area contributed by atoms with Crippen LogP contribution in [0.1, 0.15) is 49.2 Å². The van der Waals surface area contributed by atoms with E-state index in [0.29, 0.717) is 11.1 Å².